The maximum Gasteiger partial charge on any atom is 0.104 e. The van der Waals surface area contributed by atoms with Crippen molar-refractivity contribution in [2.75, 3.05) is 0 Å². The van der Waals surface area contributed by atoms with Gasteiger partial charge in [0.25, 0.3) is 0 Å². The molecule has 3 nitrogen and oxygen atoms in total. The number of rotatable bonds is 2. The van der Waals surface area contributed by atoms with E-state index in [1.807, 2.05) is 72.9 Å². The van der Waals surface area contributed by atoms with Crippen LogP contribution >= 0.6 is 0 Å². The van der Waals surface area contributed by atoms with Gasteiger partial charge in [-0.1, -0.05) is 73.3 Å². The molecular formula is C36H30IrN2O-2. The number of nitrogens with zero attached hydrogens (tertiary/aromatic N) is 2. The van der Waals surface area contributed by atoms with Gasteiger partial charge in [0.2, 0.25) is 0 Å². The second kappa shape index (κ2) is 11.0. The number of benzene rings is 3. The number of furan rings is 1. The molecule has 4 heteroatoms. The van der Waals surface area contributed by atoms with E-state index in [1.165, 1.54) is 16.7 Å². The van der Waals surface area contributed by atoms with Gasteiger partial charge in [0.15, 0.2) is 0 Å². The number of hydrogen-bond donors (Lipinski definition) is 0. The number of hydrogen-bond acceptors (Lipinski definition) is 3. The van der Waals surface area contributed by atoms with Crippen LogP contribution in [0.1, 0.15) is 50.1 Å². The monoisotopic (exact) mass is 699 g/mol. The molecule has 0 saturated heterocycles. The van der Waals surface area contributed by atoms with Gasteiger partial charge in [-0.05, 0) is 54.1 Å². The van der Waals surface area contributed by atoms with Crippen LogP contribution in [0.3, 0.4) is 0 Å². The molecule has 6 aromatic rings. The molecule has 0 bridgehead atoms. The molecule has 0 N–H and O–H groups in total. The van der Waals surface area contributed by atoms with Crippen LogP contribution in [0.4, 0.5) is 0 Å². The predicted molar refractivity (Wildman–Crippen MR) is 157 cm³/mol. The Balaban J connectivity index is 0.000000209. The summed E-state index contributed by atoms with van der Waals surface area (Å²) in [5.74, 6) is 1.05. The molecule has 0 saturated carbocycles. The quantitative estimate of drug-likeness (QED) is 0.170. The van der Waals surface area contributed by atoms with Crippen LogP contribution in [0.25, 0.3) is 33.5 Å². The minimum Gasteiger partial charge on any atom is -0.504 e. The Morgan fingerprint density at radius 3 is 1.88 bits per heavy atom. The Kier molecular flexibility index (Phi) is 7.59. The molecule has 3 aromatic heterocycles. The van der Waals surface area contributed by atoms with Gasteiger partial charge in [0, 0.05) is 43.3 Å². The smallest absolute Gasteiger partial charge is 0.104 e. The Hall–Kier alpha value is -3.85. The van der Waals surface area contributed by atoms with Crippen LogP contribution < -0.4 is 0 Å². The average Bonchev–Trinajstić information content (AvgIpc) is 3.41. The fourth-order valence-electron chi connectivity index (χ4n) is 5.73. The molecule has 0 unspecified atom stereocenters. The first-order valence-corrected chi connectivity index (χ1v) is 13.3. The molecule has 0 fully saturated rings. The molecule has 201 valence electrons. The molecule has 1 radical (unpaired) electrons. The molecule has 0 aliphatic heterocycles. The first-order chi connectivity index (χ1) is 18.9. The molecular weight excluding hydrogens is 669 g/mol. The largest absolute Gasteiger partial charge is 0.504 e. The van der Waals surface area contributed by atoms with E-state index in [9.17, 15) is 0 Å². The summed E-state index contributed by atoms with van der Waals surface area (Å²) in [4.78, 5) is 8.74. The topological polar surface area (TPSA) is 38.9 Å². The Morgan fingerprint density at radius 2 is 1.25 bits per heavy atom. The first kappa shape index (κ1) is 27.7. The predicted octanol–water partition coefficient (Wildman–Crippen LogP) is 8.81. The molecule has 7 rings (SSSR count). The summed E-state index contributed by atoms with van der Waals surface area (Å²) < 4.78 is 6.61. The maximum absolute atomic E-state index is 6.61. The second-order valence-electron chi connectivity index (χ2n) is 10.9. The zero-order valence-corrected chi connectivity index (χ0v) is 25.4. The summed E-state index contributed by atoms with van der Waals surface area (Å²) in [6, 6.07) is 39.0. The maximum atomic E-state index is 6.61. The van der Waals surface area contributed by atoms with Crippen LogP contribution in [0.2, 0.25) is 0 Å². The van der Waals surface area contributed by atoms with Crippen LogP contribution in [-0.2, 0) is 30.9 Å². The van der Waals surface area contributed by atoms with Crippen LogP contribution in [0, 0.1) is 12.1 Å². The van der Waals surface area contributed by atoms with E-state index in [-0.39, 0.29) is 30.9 Å². The third-order valence-electron chi connectivity index (χ3n) is 7.69. The Labute approximate surface area is 249 Å². The van der Waals surface area contributed by atoms with E-state index >= 15 is 0 Å². The van der Waals surface area contributed by atoms with Crippen LogP contribution in [0.5, 0.6) is 0 Å². The SMILES string of the molecule is CC1(C)c2ccccc2C(C)(C)c2c1oc1c(-c3ccccn3)[c-]ccc21.[Ir].[c-]1ccccc1-c1ccccn1. The van der Waals surface area contributed by atoms with E-state index in [0.29, 0.717) is 0 Å². The summed E-state index contributed by atoms with van der Waals surface area (Å²) in [5.41, 5.74) is 8.39. The number of pyridine rings is 2. The summed E-state index contributed by atoms with van der Waals surface area (Å²) >= 11 is 0. The summed E-state index contributed by atoms with van der Waals surface area (Å²) in [6.07, 6.45) is 3.60. The molecule has 40 heavy (non-hydrogen) atoms. The first-order valence-electron chi connectivity index (χ1n) is 13.3. The Bertz CT molecular complexity index is 1700. The van der Waals surface area contributed by atoms with Crippen molar-refractivity contribution in [1.29, 1.82) is 0 Å². The fourth-order valence-corrected chi connectivity index (χ4v) is 5.73. The summed E-state index contributed by atoms with van der Waals surface area (Å²) in [6.45, 7) is 9.11. The van der Waals surface area contributed by atoms with Gasteiger partial charge in [-0.2, -0.15) is 0 Å². The van der Waals surface area contributed by atoms with Crippen LogP contribution in [-0.4, -0.2) is 9.97 Å². The van der Waals surface area contributed by atoms with Crippen molar-refractivity contribution in [3.8, 4) is 22.5 Å². The van der Waals surface area contributed by atoms with Crippen molar-refractivity contribution < 1.29 is 24.5 Å². The summed E-state index contributed by atoms with van der Waals surface area (Å²) in [7, 11) is 0. The van der Waals surface area contributed by atoms with Gasteiger partial charge in [0.05, 0.1) is 5.58 Å². The zero-order chi connectivity index (χ0) is 27.0. The van der Waals surface area contributed by atoms with Gasteiger partial charge < -0.3 is 14.4 Å². The van der Waals surface area contributed by atoms with Gasteiger partial charge >= 0.3 is 0 Å². The molecule has 1 aliphatic rings. The summed E-state index contributed by atoms with van der Waals surface area (Å²) in [5, 5.41) is 1.16. The number of aromatic nitrogens is 2. The van der Waals surface area contributed by atoms with E-state index in [1.54, 1.807) is 6.20 Å². The van der Waals surface area contributed by atoms with Crippen molar-refractivity contribution in [3.05, 3.63) is 144 Å². The third kappa shape index (κ3) is 4.72. The molecule has 0 atom stereocenters. The minimum atomic E-state index is -0.193. The van der Waals surface area contributed by atoms with E-state index in [4.69, 9.17) is 4.42 Å². The van der Waals surface area contributed by atoms with E-state index in [2.05, 4.69) is 80.1 Å². The Morgan fingerprint density at radius 1 is 0.625 bits per heavy atom. The molecule has 3 heterocycles. The van der Waals surface area contributed by atoms with Crippen LogP contribution in [0.15, 0.2) is 114 Å². The minimum absolute atomic E-state index is 0. The van der Waals surface area contributed by atoms with Crippen molar-refractivity contribution >= 4 is 11.0 Å². The molecule has 1 aliphatic carbocycles. The fraction of sp³-hybridized carbons (Fsp3) is 0.167. The number of fused-ring (bicyclic) bond motifs is 4. The van der Waals surface area contributed by atoms with Gasteiger partial charge in [-0.3, -0.25) is 0 Å². The van der Waals surface area contributed by atoms with Crippen molar-refractivity contribution in [3.63, 3.8) is 0 Å². The van der Waals surface area contributed by atoms with Gasteiger partial charge in [-0.15, -0.1) is 54.1 Å². The van der Waals surface area contributed by atoms with Crippen molar-refractivity contribution in [1.82, 2.24) is 9.97 Å². The molecule has 0 amide bonds. The second-order valence-corrected chi connectivity index (χ2v) is 10.9. The van der Waals surface area contributed by atoms with Gasteiger partial charge in [0.1, 0.15) is 5.76 Å². The molecule has 3 aromatic carbocycles. The normalized spacial score (nSPS) is 14.2. The standard InChI is InChI=1S/C25H22NO.C11H8N.Ir/c1-24(2)18-12-5-6-13-19(18)25(3,4)23-21(24)17-11-9-10-16(22(17)27-23)20-14-7-8-15-26-20;1-2-6-10(7-3-1)11-8-4-5-9-12-11;/h5-9,11-15H,1-4H3;1-6,8-9H;/q2*-1;. The molecule has 0 spiro atoms. The average molecular weight is 699 g/mol. The third-order valence-corrected chi connectivity index (χ3v) is 7.69. The van der Waals surface area contributed by atoms with Crippen molar-refractivity contribution in [2.24, 2.45) is 0 Å². The zero-order valence-electron chi connectivity index (χ0n) is 23.0. The van der Waals surface area contributed by atoms with Gasteiger partial charge in [-0.25, -0.2) is 0 Å². The van der Waals surface area contributed by atoms with E-state index < -0.39 is 0 Å². The van der Waals surface area contributed by atoms with Crippen molar-refractivity contribution in [2.45, 2.75) is 38.5 Å². The van der Waals surface area contributed by atoms with E-state index in [0.717, 1.165) is 39.2 Å².